The van der Waals surface area contributed by atoms with Crippen LogP contribution in [-0.2, 0) is 6.42 Å². The first-order valence-corrected chi connectivity index (χ1v) is 5.23. The average Bonchev–Trinajstić information content (AvgIpc) is 2.22. The molecule has 0 radical (unpaired) electrons. The molecule has 2 N–H and O–H groups in total. The number of hydrogen-bond donors (Lipinski definition) is 1. The maximum absolute atomic E-state index is 13.5. The van der Waals surface area contributed by atoms with Crippen LogP contribution in [0.3, 0.4) is 0 Å². The molecule has 92 valence electrons. The Labute approximate surface area is 106 Å². The molecule has 2 nitrogen and oxygen atoms in total. The molecule has 0 aliphatic carbocycles. The van der Waals surface area contributed by atoms with Crippen LogP contribution in [0.4, 0.5) is 4.39 Å². The molecule has 0 saturated carbocycles. The highest BCUT2D eigenvalue weighted by atomic mass is 35.5. The molecule has 5 heteroatoms. The van der Waals surface area contributed by atoms with Gasteiger partial charge in [-0.2, -0.15) is 0 Å². The highest BCUT2D eigenvalue weighted by molar-refractivity contribution is 6.32. The summed E-state index contributed by atoms with van der Waals surface area (Å²) in [6, 6.07) is 2.83. The Balaban J connectivity index is 0.00000225. The smallest absolute Gasteiger partial charge is 0.140 e. The van der Waals surface area contributed by atoms with Crippen molar-refractivity contribution in [1.82, 2.24) is 0 Å². The minimum Gasteiger partial charge on any atom is -0.495 e. The van der Waals surface area contributed by atoms with Crippen molar-refractivity contribution in [2.24, 2.45) is 5.73 Å². The van der Waals surface area contributed by atoms with Gasteiger partial charge in [0.1, 0.15) is 11.6 Å². The third-order valence-electron chi connectivity index (χ3n) is 2.33. The van der Waals surface area contributed by atoms with Crippen LogP contribution in [0.1, 0.15) is 18.9 Å². The summed E-state index contributed by atoms with van der Waals surface area (Å²) in [6.07, 6.45) is 1.30. The standard InChI is InChI=1S/C11H15ClFNO.ClH/c1-3-8(14)4-7-5-9(12)11(15-2)6-10(7)13;/h5-6,8H,3-4,14H2,1-2H3;1H. The summed E-state index contributed by atoms with van der Waals surface area (Å²) in [5.74, 6) is 0.0307. The summed E-state index contributed by atoms with van der Waals surface area (Å²) < 4.78 is 18.4. The molecule has 0 fully saturated rings. The molecule has 1 rings (SSSR count). The molecular weight excluding hydrogens is 252 g/mol. The summed E-state index contributed by atoms with van der Waals surface area (Å²) in [5, 5.41) is 0.414. The van der Waals surface area contributed by atoms with E-state index >= 15 is 0 Å². The lowest BCUT2D eigenvalue weighted by Gasteiger charge is -2.11. The Morgan fingerprint density at radius 1 is 1.50 bits per heavy atom. The van der Waals surface area contributed by atoms with E-state index in [2.05, 4.69) is 0 Å². The van der Waals surface area contributed by atoms with Crippen molar-refractivity contribution in [2.45, 2.75) is 25.8 Å². The third-order valence-corrected chi connectivity index (χ3v) is 2.62. The SMILES string of the molecule is CCC(N)Cc1cc(Cl)c(OC)cc1F.Cl. The molecule has 0 bridgehead atoms. The Bertz CT molecular complexity index is 347. The molecule has 1 aromatic rings. The zero-order valence-corrected chi connectivity index (χ0v) is 10.9. The molecule has 0 spiro atoms. The van der Waals surface area contributed by atoms with Gasteiger partial charge < -0.3 is 10.5 Å². The van der Waals surface area contributed by atoms with Crippen LogP contribution in [0.25, 0.3) is 0 Å². The Morgan fingerprint density at radius 3 is 2.62 bits per heavy atom. The van der Waals surface area contributed by atoms with Crippen LogP contribution in [0.2, 0.25) is 5.02 Å². The molecule has 16 heavy (non-hydrogen) atoms. The van der Waals surface area contributed by atoms with Gasteiger partial charge in [-0.3, -0.25) is 0 Å². The van der Waals surface area contributed by atoms with Gasteiger partial charge in [0.25, 0.3) is 0 Å². The van der Waals surface area contributed by atoms with E-state index in [1.807, 2.05) is 6.92 Å². The van der Waals surface area contributed by atoms with Crippen molar-refractivity contribution in [3.05, 3.63) is 28.5 Å². The quantitative estimate of drug-likeness (QED) is 0.910. The van der Waals surface area contributed by atoms with Gasteiger partial charge in [-0.1, -0.05) is 18.5 Å². The number of hydrogen-bond acceptors (Lipinski definition) is 2. The average molecular weight is 268 g/mol. The lowest BCUT2D eigenvalue weighted by atomic mass is 10.0. The van der Waals surface area contributed by atoms with Gasteiger partial charge in [-0.05, 0) is 24.5 Å². The van der Waals surface area contributed by atoms with Crippen LogP contribution in [-0.4, -0.2) is 13.2 Å². The van der Waals surface area contributed by atoms with Crippen molar-refractivity contribution >= 4 is 24.0 Å². The summed E-state index contributed by atoms with van der Waals surface area (Å²) in [4.78, 5) is 0. The van der Waals surface area contributed by atoms with Crippen LogP contribution in [0.15, 0.2) is 12.1 Å². The van der Waals surface area contributed by atoms with E-state index < -0.39 is 0 Å². The zero-order chi connectivity index (χ0) is 11.4. The molecule has 0 aliphatic heterocycles. The minimum atomic E-state index is -0.319. The molecule has 1 aromatic carbocycles. The number of benzene rings is 1. The summed E-state index contributed by atoms with van der Waals surface area (Å²) in [6.45, 7) is 1.97. The van der Waals surface area contributed by atoms with E-state index in [1.165, 1.54) is 13.2 Å². The lowest BCUT2D eigenvalue weighted by molar-refractivity contribution is 0.410. The maximum atomic E-state index is 13.5. The second-order valence-electron chi connectivity index (χ2n) is 3.45. The second-order valence-corrected chi connectivity index (χ2v) is 3.86. The summed E-state index contributed by atoms with van der Waals surface area (Å²) in [5.41, 5.74) is 6.29. The van der Waals surface area contributed by atoms with Crippen LogP contribution >= 0.6 is 24.0 Å². The Hall–Kier alpha value is -0.510. The first-order valence-electron chi connectivity index (χ1n) is 4.86. The van der Waals surface area contributed by atoms with E-state index in [-0.39, 0.29) is 24.3 Å². The fraction of sp³-hybridized carbons (Fsp3) is 0.455. The molecule has 0 aliphatic rings. The maximum Gasteiger partial charge on any atom is 0.140 e. The van der Waals surface area contributed by atoms with Crippen molar-refractivity contribution in [1.29, 1.82) is 0 Å². The van der Waals surface area contributed by atoms with Crippen molar-refractivity contribution in [2.75, 3.05) is 7.11 Å². The zero-order valence-electron chi connectivity index (χ0n) is 9.30. The molecule has 1 atom stereocenters. The highest BCUT2D eigenvalue weighted by Gasteiger charge is 2.11. The van der Waals surface area contributed by atoms with Gasteiger partial charge in [-0.25, -0.2) is 4.39 Å². The number of nitrogens with two attached hydrogens (primary N) is 1. The monoisotopic (exact) mass is 267 g/mol. The fourth-order valence-electron chi connectivity index (χ4n) is 1.31. The molecule has 1 unspecified atom stereocenters. The predicted octanol–water partition coefficient (Wildman–Crippen LogP) is 3.19. The largest absolute Gasteiger partial charge is 0.495 e. The Kier molecular flexibility index (Phi) is 6.72. The number of rotatable bonds is 4. The molecule has 0 aromatic heterocycles. The summed E-state index contributed by atoms with van der Waals surface area (Å²) >= 11 is 5.90. The van der Waals surface area contributed by atoms with Crippen LogP contribution in [0, 0.1) is 5.82 Å². The van der Waals surface area contributed by atoms with E-state index in [1.54, 1.807) is 6.07 Å². The van der Waals surface area contributed by atoms with Crippen LogP contribution < -0.4 is 10.5 Å². The van der Waals surface area contributed by atoms with Crippen molar-refractivity contribution < 1.29 is 9.13 Å². The highest BCUT2D eigenvalue weighted by Crippen LogP contribution is 2.27. The number of methoxy groups -OCH3 is 1. The molecule has 0 saturated heterocycles. The van der Waals surface area contributed by atoms with E-state index in [9.17, 15) is 4.39 Å². The van der Waals surface area contributed by atoms with E-state index in [0.29, 0.717) is 22.8 Å². The topological polar surface area (TPSA) is 35.2 Å². The van der Waals surface area contributed by atoms with Gasteiger partial charge in [0.05, 0.1) is 12.1 Å². The fourth-order valence-corrected chi connectivity index (χ4v) is 1.57. The molecule has 0 heterocycles. The predicted molar refractivity (Wildman–Crippen MR) is 67.2 cm³/mol. The number of halogens is 3. The van der Waals surface area contributed by atoms with E-state index in [0.717, 1.165) is 6.42 Å². The second kappa shape index (κ2) is 6.94. The van der Waals surface area contributed by atoms with Gasteiger partial charge >= 0.3 is 0 Å². The van der Waals surface area contributed by atoms with E-state index in [4.69, 9.17) is 22.1 Å². The van der Waals surface area contributed by atoms with Crippen LogP contribution in [0.5, 0.6) is 5.75 Å². The first-order chi connectivity index (χ1) is 7.08. The first kappa shape index (κ1) is 15.5. The van der Waals surface area contributed by atoms with Gasteiger partial charge in [-0.15, -0.1) is 12.4 Å². The van der Waals surface area contributed by atoms with Gasteiger partial charge in [0.2, 0.25) is 0 Å². The van der Waals surface area contributed by atoms with Crippen molar-refractivity contribution in [3.63, 3.8) is 0 Å². The van der Waals surface area contributed by atoms with Gasteiger partial charge in [0.15, 0.2) is 0 Å². The van der Waals surface area contributed by atoms with Crippen molar-refractivity contribution in [3.8, 4) is 5.75 Å². The Morgan fingerprint density at radius 2 is 2.12 bits per heavy atom. The molecule has 0 amide bonds. The minimum absolute atomic E-state index is 0. The normalized spacial score (nSPS) is 11.8. The van der Waals surface area contributed by atoms with Gasteiger partial charge in [0, 0.05) is 12.1 Å². The summed E-state index contributed by atoms with van der Waals surface area (Å²) in [7, 11) is 1.46. The third kappa shape index (κ3) is 3.81. The number of ether oxygens (including phenoxy) is 1. The molecular formula is C11H16Cl2FNO. The lowest BCUT2D eigenvalue weighted by Crippen LogP contribution is -2.22.